The molecular formula is C16H12N2O2. The van der Waals surface area contributed by atoms with Gasteiger partial charge in [0.25, 0.3) is 5.56 Å². The smallest absolute Gasteiger partial charge is 0.255 e. The topological polar surface area (TPSA) is 46.5 Å². The van der Waals surface area contributed by atoms with Crippen molar-refractivity contribution in [1.82, 2.24) is 9.38 Å². The molecule has 4 heteroatoms. The van der Waals surface area contributed by atoms with E-state index in [0.717, 1.165) is 33.1 Å². The second-order valence-electron chi connectivity index (χ2n) is 4.76. The fourth-order valence-electron chi connectivity index (χ4n) is 2.70. The molecule has 0 amide bonds. The summed E-state index contributed by atoms with van der Waals surface area (Å²) in [6, 6.07) is 13.2. The van der Waals surface area contributed by atoms with E-state index in [4.69, 9.17) is 4.74 Å². The highest BCUT2D eigenvalue weighted by molar-refractivity contribution is 6.12. The van der Waals surface area contributed by atoms with E-state index in [9.17, 15) is 4.79 Å². The van der Waals surface area contributed by atoms with Gasteiger partial charge >= 0.3 is 0 Å². The van der Waals surface area contributed by atoms with Gasteiger partial charge in [0.1, 0.15) is 5.75 Å². The quantitative estimate of drug-likeness (QED) is 0.574. The lowest BCUT2D eigenvalue weighted by Gasteiger charge is -2.01. The lowest BCUT2D eigenvalue weighted by molar-refractivity contribution is 0.415. The molecule has 0 aliphatic carbocycles. The van der Waals surface area contributed by atoms with Crippen molar-refractivity contribution in [2.45, 2.75) is 0 Å². The summed E-state index contributed by atoms with van der Waals surface area (Å²) in [6.07, 6.45) is 1.81. The van der Waals surface area contributed by atoms with Crippen molar-refractivity contribution in [3.63, 3.8) is 0 Å². The van der Waals surface area contributed by atoms with Crippen molar-refractivity contribution in [3.05, 3.63) is 59.0 Å². The molecule has 0 bridgehead atoms. The largest absolute Gasteiger partial charge is 0.497 e. The van der Waals surface area contributed by atoms with Crippen LogP contribution in [0.5, 0.6) is 5.75 Å². The molecule has 1 N–H and O–H groups in total. The molecule has 0 saturated heterocycles. The van der Waals surface area contributed by atoms with E-state index in [-0.39, 0.29) is 5.56 Å². The van der Waals surface area contributed by atoms with Gasteiger partial charge in [-0.25, -0.2) is 0 Å². The number of fused-ring (bicyclic) bond motifs is 5. The predicted octanol–water partition coefficient (Wildman–Crippen LogP) is 2.94. The van der Waals surface area contributed by atoms with Crippen LogP contribution in [0.2, 0.25) is 0 Å². The Kier molecular flexibility index (Phi) is 2.15. The van der Waals surface area contributed by atoms with Crippen LogP contribution < -0.4 is 10.3 Å². The van der Waals surface area contributed by atoms with Crippen molar-refractivity contribution < 1.29 is 4.74 Å². The standard InChI is InChI=1S/C16H12N2O2/c1-20-10-5-6-13-12(9-10)11-7-8-18-14(16(11)17-13)3-2-4-15(18)19/h2-9,17H,1H3. The van der Waals surface area contributed by atoms with E-state index < -0.39 is 0 Å². The molecule has 98 valence electrons. The number of pyridine rings is 2. The average molecular weight is 264 g/mol. The highest BCUT2D eigenvalue weighted by Gasteiger charge is 2.08. The first-order valence-electron chi connectivity index (χ1n) is 6.38. The molecule has 3 aromatic heterocycles. The fraction of sp³-hybridized carbons (Fsp3) is 0.0625. The van der Waals surface area contributed by atoms with Gasteiger partial charge in [-0.3, -0.25) is 9.20 Å². The van der Waals surface area contributed by atoms with Crippen LogP contribution in [0, 0.1) is 0 Å². The van der Waals surface area contributed by atoms with E-state index in [2.05, 4.69) is 4.98 Å². The van der Waals surface area contributed by atoms with E-state index >= 15 is 0 Å². The van der Waals surface area contributed by atoms with Gasteiger partial charge in [0.15, 0.2) is 0 Å². The van der Waals surface area contributed by atoms with Gasteiger partial charge < -0.3 is 9.72 Å². The number of benzene rings is 1. The average Bonchev–Trinajstić information content (AvgIpc) is 2.85. The Labute approximate surface area is 114 Å². The Morgan fingerprint density at radius 2 is 2.00 bits per heavy atom. The Bertz CT molecular complexity index is 1010. The number of rotatable bonds is 1. The summed E-state index contributed by atoms with van der Waals surface area (Å²) >= 11 is 0. The first kappa shape index (κ1) is 11.1. The minimum Gasteiger partial charge on any atom is -0.497 e. The molecule has 4 aromatic rings. The predicted molar refractivity (Wildman–Crippen MR) is 79.6 cm³/mol. The lowest BCUT2D eigenvalue weighted by Crippen LogP contribution is -2.10. The van der Waals surface area contributed by atoms with Crippen molar-refractivity contribution in [3.8, 4) is 5.75 Å². The van der Waals surface area contributed by atoms with Crippen LogP contribution in [0.25, 0.3) is 27.3 Å². The van der Waals surface area contributed by atoms with Crippen LogP contribution >= 0.6 is 0 Å². The molecule has 0 saturated carbocycles. The van der Waals surface area contributed by atoms with Crippen molar-refractivity contribution in [1.29, 1.82) is 0 Å². The van der Waals surface area contributed by atoms with E-state index in [1.807, 2.05) is 36.5 Å². The summed E-state index contributed by atoms with van der Waals surface area (Å²) in [5.41, 5.74) is 2.85. The summed E-state index contributed by atoms with van der Waals surface area (Å²) in [5, 5.41) is 2.18. The van der Waals surface area contributed by atoms with Crippen LogP contribution in [-0.2, 0) is 0 Å². The number of nitrogens with one attached hydrogen (secondary N) is 1. The maximum atomic E-state index is 11.9. The lowest BCUT2D eigenvalue weighted by atomic mass is 10.1. The zero-order valence-electron chi connectivity index (χ0n) is 10.9. The third kappa shape index (κ3) is 1.39. The Morgan fingerprint density at radius 3 is 2.85 bits per heavy atom. The zero-order valence-corrected chi connectivity index (χ0v) is 10.9. The van der Waals surface area contributed by atoms with Crippen LogP contribution in [0.3, 0.4) is 0 Å². The number of hydrogen-bond donors (Lipinski definition) is 1. The summed E-state index contributed by atoms with van der Waals surface area (Å²) in [7, 11) is 1.66. The van der Waals surface area contributed by atoms with Gasteiger partial charge in [-0.1, -0.05) is 6.07 Å². The van der Waals surface area contributed by atoms with Crippen LogP contribution in [-0.4, -0.2) is 16.5 Å². The molecule has 1 aromatic carbocycles. The monoisotopic (exact) mass is 264 g/mol. The van der Waals surface area contributed by atoms with Crippen LogP contribution in [0.1, 0.15) is 0 Å². The first-order valence-corrected chi connectivity index (χ1v) is 6.38. The maximum Gasteiger partial charge on any atom is 0.255 e. The summed E-state index contributed by atoms with van der Waals surface area (Å²) < 4.78 is 6.93. The third-order valence-corrected chi connectivity index (χ3v) is 3.68. The van der Waals surface area contributed by atoms with E-state index in [1.165, 1.54) is 0 Å². The third-order valence-electron chi connectivity index (χ3n) is 3.68. The number of hydrogen-bond acceptors (Lipinski definition) is 2. The second-order valence-corrected chi connectivity index (χ2v) is 4.76. The summed E-state index contributed by atoms with van der Waals surface area (Å²) in [4.78, 5) is 15.3. The molecule has 0 spiro atoms. The van der Waals surface area contributed by atoms with Gasteiger partial charge in [0.05, 0.1) is 18.1 Å². The second kappa shape index (κ2) is 3.87. The Morgan fingerprint density at radius 1 is 1.10 bits per heavy atom. The Hall–Kier alpha value is -2.75. The van der Waals surface area contributed by atoms with Gasteiger partial charge in [-0.2, -0.15) is 0 Å². The first-order chi connectivity index (χ1) is 9.78. The fourth-order valence-corrected chi connectivity index (χ4v) is 2.70. The van der Waals surface area contributed by atoms with Crippen molar-refractivity contribution in [2.75, 3.05) is 7.11 Å². The highest BCUT2D eigenvalue weighted by atomic mass is 16.5. The van der Waals surface area contributed by atoms with Crippen molar-refractivity contribution in [2.24, 2.45) is 0 Å². The van der Waals surface area contributed by atoms with Gasteiger partial charge in [0, 0.05) is 28.6 Å². The number of ether oxygens (including phenoxy) is 1. The minimum atomic E-state index is -0.0272. The molecule has 20 heavy (non-hydrogen) atoms. The van der Waals surface area contributed by atoms with Crippen LogP contribution in [0.15, 0.2) is 53.5 Å². The molecule has 0 aliphatic rings. The molecule has 4 nitrogen and oxygen atoms in total. The molecule has 0 fully saturated rings. The van der Waals surface area contributed by atoms with Crippen LogP contribution in [0.4, 0.5) is 0 Å². The normalized spacial score (nSPS) is 11.4. The number of aromatic nitrogens is 2. The number of aromatic amines is 1. The minimum absolute atomic E-state index is 0.0272. The number of methoxy groups -OCH3 is 1. The molecule has 4 rings (SSSR count). The van der Waals surface area contributed by atoms with E-state index in [1.54, 1.807) is 23.6 Å². The molecular weight excluding hydrogens is 252 g/mol. The SMILES string of the molecule is COc1ccc2[nH]c3c(ccn4c(=O)cccc34)c2c1. The molecule has 0 radical (unpaired) electrons. The number of nitrogens with zero attached hydrogens (tertiary/aromatic N) is 1. The maximum absolute atomic E-state index is 11.9. The molecule has 0 unspecified atom stereocenters. The molecule has 0 atom stereocenters. The number of H-pyrrole nitrogens is 1. The summed E-state index contributed by atoms with van der Waals surface area (Å²) in [5.74, 6) is 0.823. The van der Waals surface area contributed by atoms with E-state index in [0.29, 0.717) is 0 Å². The Balaban J connectivity index is 2.24. The van der Waals surface area contributed by atoms with Gasteiger partial charge in [-0.15, -0.1) is 0 Å². The zero-order chi connectivity index (χ0) is 13.7. The van der Waals surface area contributed by atoms with Gasteiger partial charge in [-0.05, 0) is 30.3 Å². The molecule has 0 aliphatic heterocycles. The molecule has 3 heterocycles. The summed E-state index contributed by atoms with van der Waals surface area (Å²) in [6.45, 7) is 0. The highest BCUT2D eigenvalue weighted by Crippen LogP contribution is 2.30. The van der Waals surface area contributed by atoms with Gasteiger partial charge in [0.2, 0.25) is 0 Å². The van der Waals surface area contributed by atoms with Crippen molar-refractivity contribution >= 4 is 27.3 Å².